The molecular weight excluding hydrogens is 1130 g/mol. The van der Waals surface area contributed by atoms with Crippen LogP contribution in [0, 0.1) is 0 Å². The summed E-state index contributed by atoms with van der Waals surface area (Å²) >= 11 is 0. The van der Waals surface area contributed by atoms with Crippen molar-refractivity contribution in [3.63, 3.8) is 0 Å². The molecule has 0 radical (unpaired) electrons. The van der Waals surface area contributed by atoms with Crippen molar-refractivity contribution >= 4 is 5.91 Å². The third kappa shape index (κ3) is 42.6. The Labute approximate surface area is 546 Å². The number of rotatable bonds is 57. The minimum absolute atomic E-state index is 0.233. The maximum absolute atomic E-state index is 13.3. The molecule has 2 aliphatic heterocycles. The number of allylic oxidation sites excluding steroid dienone is 19. The number of nitrogens with one attached hydrogen (secondary N) is 1. The van der Waals surface area contributed by atoms with Gasteiger partial charge in [-0.1, -0.05) is 283 Å². The summed E-state index contributed by atoms with van der Waals surface area (Å²) in [6.07, 6.45) is 69.6. The monoisotopic (exact) mass is 1260 g/mol. The van der Waals surface area contributed by atoms with Crippen LogP contribution in [0.1, 0.15) is 258 Å². The molecule has 9 N–H and O–H groups in total. The van der Waals surface area contributed by atoms with Gasteiger partial charge in [-0.25, -0.2) is 0 Å². The highest BCUT2D eigenvalue weighted by molar-refractivity contribution is 5.76. The third-order valence-electron chi connectivity index (χ3n) is 16.7. The highest BCUT2D eigenvalue weighted by atomic mass is 16.7. The molecule has 90 heavy (non-hydrogen) atoms. The molecular formula is C76H129NO13. The topological polar surface area (TPSA) is 228 Å². The number of unbranched alkanes of at least 4 members (excludes halogenated alkanes) is 26. The number of carbonyl (C=O) groups excluding carboxylic acids is 1. The fraction of sp³-hybridized carbons (Fsp3) is 0.724. The third-order valence-corrected chi connectivity index (χ3v) is 16.7. The van der Waals surface area contributed by atoms with Crippen molar-refractivity contribution in [1.82, 2.24) is 5.32 Å². The Morgan fingerprint density at radius 3 is 1.18 bits per heavy atom. The highest BCUT2D eigenvalue weighted by Gasteiger charge is 2.51. The van der Waals surface area contributed by atoms with Crippen molar-refractivity contribution in [2.45, 2.75) is 331 Å². The van der Waals surface area contributed by atoms with Gasteiger partial charge in [0, 0.05) is 6.42 Å². The summed E-state index contributed by atoms with van der Waals surface area (Å²) < 4.78 is 22.8. The highest BCUT2D eigenvalue weighted by Crippen LogP contribution is 2.30. The van der Waals surface area contributed by atoms with E-state index in [4.69, 9.17) is 18.9 Å². The second-order valence-corrected chi connectivity index (χ2v) is 24.6. The summed E-state index contributed by atoms with van der Waals surface area (Å²) in [5, 5.41) is 87.5. The van der Waals surface area contributed by atoms with Gasteiger partial charge in [0.2, 0.25) is 5.91 Å². The molecule has 2 aliphatic rings. The Morgan fingerprint density at radius 1 is 0.411 bits per heavy atom. The van der Waals surface area contributed by atoms with Crippen molar-refractivity contribution in [3.05, 3.63) is 122 Å². The number of aliphatic hydroxyl groups is 8. The molecule has 14 nitrogen and oxygen atoms in total. The summed E-state index contributed by atoms with van der Waals surface area (Å²) in [4.78, 5) is 13.3. The van der Waals surface area contributed by atoms with Gasteiger partial charge in [-0.05, 0) is 89.9 Å². The molecule has 0 saturated carbocycles. The maximum atomic E-state index is 13.3. The van der Waals surface area contributed by atoms with E-state index in [-0.39, 0.29) is 18.9 Å². The number of amides is 1. The van der Waals surface area contributed by atoms with E-state index in [1.165, 1.54) is 135 Å². The lowest BCUT2D eigenvalue weighted by Crippen LogP contribution is -2.65. The van der Waals surface area contributed by atoms with Crippen molar-refractivity contribution in [3.8, 4) is 0 Å². The largest absolute Gasteiger partial charge is 0.394 e. The molecule has 2 saturated heterocycles. The normalized spacial score (nSPS) is 23.7. The van der Waals surface area contributed by atoms with Gasteiger partial charge in [0.25, 0.3) is 0 Å². The first-order chi connectivity index (χ1) is 44.1. The van der Waals surface area contributed by atoms with Crippen LogP contribution in [-0.2, 0) is 23.7 Å². The molecule has 12 unspecified atom stereocenters. The zero-order valence-electron chi connectivity index (χ0n) is 56.1. The smallest absolute Gasteiger partial charge is 0.220 e. The van der Waals surface area contributed by atoms with Crippen LogP contribution in [-0.4, -0.2) is 140 Å². The van der Waals surface area contributed by atoms with Gasteiger partial charge in [-0.3, -0.25) is 4.79 Å². The van der Waals surface area contributed by atoms with Gasteiger partial charge in [0.1, 0.15) is 48.8 Å². The first kappa shape index (κ1) is 82.5. The average molecular weight is 1260 g/mol. The number of hydrogen-bond donors (Lipinski definition) is 9. The lowest BCUT2D eigenvalue weighted by atomic mass is 9.97. The second kappa shape index (κ2) is 59.2. The lowest BCUT2D eigenvalue weighted by Gasteiger charge is -2.46. The van der Waals surface area contributed by atoms with Crippen LogP contribution in [0.4, 0.5) is 0 Å². The number of carbonyl (C=O) groups is 1. The fourth-order valence-corrected chi connectivity index (χ4v) is 11.0. The van der Waals surface area contributed by atoms with E-state index < -0.39 is 86.8 Å². The standard InChI is InChI=1S/C76H129NO13/c1-3-5-7-9-11-13-15-17-19-21-23-25-27-29-30-31-32-33-34-36-38-40-42-44-46-48-50-52-54-56-58-60-68(81)77-64(63-87-75-73(86)71(84)74(67(62-79)89-75)90-76-72(85)70(83)69(82)66(61-78)88-76)65(80)59-57-55-53-51-49-47-45-43-41-39-37-35-28-26-24-22-20-18-16-14-12-10-8-6-4-2/h5,7,11,13,17,19,23,25,29-30,32-33,36,38,42,44,48,50,57,59,64-67,69-76,78-80,82-86H,3-4,6,8-10,12,14-16,18,20-22,24,26-28,31,34-35,37,39-41,43,45-47,49,51-56,58,60-63H2,1-2H3,(H,77,81)/b7-5-,13-11-,19-17-,25-23-,30-29-,33-32-,38-36-,44-42-,50-48-,59-57+. The number of hydrogen-bond acceptors (Lipinski definition) is 13. The molecule has 0 bridgehead atoms. The van der Waals surface area contributed by atoms with Gasteiger partial charge in [-0.15, -0.1) is 0 Å². The summed E-state index contributed by atoms with van der Waals surface area (Å²) in [5.41, 5.74) is 0. The molecule has 2 rings (SSSR count). The summed E-state index contributed by atoms with van der Waals surface area (Å²) in [7, 11) is 0. The molecule has 12 atom stereocenters. The van der Waals surface area contributed by atoms with Gasteiger partial charge < -0.3 is 65.1 Å². The van der Waals surface area contributed by atoms with Crippen LogP contribution >= 0.6 is 0 Å². The number of aliphatic hydroxyl groups excluding tert-OH is 8. The van der Waals surface area contributed by atoms with Gasteiger partial charge >= 0.3 is 0 Å². The molecule has 0 aromatic carbocycles. The molecule has 1 amide bonds. The predicted molar refractivity (Wildman–Crippen MR) is 368 cm³/mol. The molecule has 14 heteroatoms. The Hall–Kier alpha value is -3.61. The van der Waals surface area contributed by atoms with E-state index in [0.29, 0.717) is 6.42 Å². The van der Waals surface area contributed by atoms with Crippen molar-refractivity contribution in [2.75, 3.05) is 19.8 Å². The quantitative estimate of drug-likeness (QED) is 0.0204. The Kier molecular flexibility index (Phi) is 54.2. The van der Waals surface area contributed by atoms with E-state index in [1.807, 2.05) is 6.08 Å². The van der Waals surface area contributed by atoms with Crippen molar-refractivity contribution < 1.29 is 64.6 Å². The van der Waals surface area contributed by atoms with Crippen LogP contribution in [0.3, 0.4) is 0 Å². The molecule has 2 fully saturated rings. The molecule has 0 spiro atoms. The molecule has 2 heterocycles. The Bertz CT molecular complexity index is 1980. The molecule has 516 valence electrons. The van der Waals surface area contributed by atoms with E-state index in [2.05, 4.69) is 129 Å². The van der Waals surface area contributed by atoms with E-state index in [1.54, 1.807) is 6.08 Å². The molecule has 0 aromatic rings. The fourth-order valence-electron chi connectivity index (χ4n) is 11.0. The minimum atomic E-state index is -1.80. The summed E-state index contributed by atoms with van der Waals surface area (Å²) in [6.45, 7) is 2.68. The average Bonchev–Trinajstić information content (AvgIpc) is 1.42. The van der Waals surface area contributed by atoms with E-state index >= 15 is 0 Å². The SMILES string of the molecule is CC/C=C\C/C=C\C/C=C\C/C=C\C/C=C\C/C=C\C/C=C\C/C=C\C/C=C\CCCCCC(=O)NC(COC1OC(CO)C(OC2OC(CO)C(O)C(O)C2O)C(O)C1O)C(O)/C=C/CCCCCCCCCCCCCCCCCCCCCCCCC. The van der Waals surface area contributed by atoms with Crippen LogP contribution in [0.25, 0.3) is 0 Å². The van der Waals surface area contributed by atoms with E-state index in [0.717, 1.165) is 96.3 Å². The zero-order chi connectivity index (χ0) is 65.2. The Balaban J connectivity index is 1.72. The van der Waals surface area contributed by atoms with Crippen LogP contribution in [0.5, 0.6) is 0 Å². The van der Waals surface area contributed by atoms with Gasteiger partial charge in [0.15, 0.2) is 12.6 Å². The van der Waals surface area contributed by atoms with Crippen LogP contribution in [0.15, 0.2) is 122 Å². The second-order valence-electron chi connectivity index (χ2n) is 24.6. The van der Waals surface area contributed by atoms with Crippen molar-refractivity contribution in [2.24, 2.45) is 0 Å². The van der Waals surface area contributed by atoms with E-state index in [9.17, 15) is 45.6 Å². The van der Waals surface area contributed by atoms with Gasteiger partial charge in [0.05, 0.1) is 32.0 Å². The van der Waals surface area contributed by atoms with Crippen molar-refractivity contribution in [1.29, 1.82) is 0 Å². The molecule has 0 aliphatic carbocycles. The summed E-state index contributed by atoms with van der Waals surface area (Å²) in [5.74, 6) is -0.274. The maximum Gasteiger partial charge on any atom is 0.220 e. The first-order valence-electron chi connectivity index (χ1n) is 35.8. The summed E-state index contributed by atoms with van der Waals surface area (Å²) in [6, 6.07) is -0.944. The first-order valence-corrected chi connectivity index (χ1v) is 35.8. The lowest BCUT2D eigenvalue weighted by molar-refractivity contribution is -0.359. The predicted octanol–water partition coefficient (Wildman–Crippen LogP) is 14.9. The zero-order valence-corrected chi connectivity index (χ0v) is 56.1. The van der Waals surface area contributed by atoms with Crippen LogP contribution < -0.4 is 5.32 Å². The minimum Gasteiger partial charge on any atom is -0.394 e. The Morgan fingerprint density at radius 2 is 0.767 bits per heavy atom. The van der Waals surface area contributed by atoms with Crippen LogP contribution in [0.2, 0.25) is 0 Å². The van der Waals surface area contributed by atoms with Gasteiger partial charge in [-0.2, -0.15) is 0 Å². The molecule has 0 aromatic heterocycles. The number of ether oxygens (including phenoxy) is 4.